The first-order chi connectivity index (χ1) is 13.5. The van der Waals surface area contributed by atoms with Gasteiger partial charge in [-0.3, -0.25) is 0 Å². The topological polar surface area (TPSA) is 125 Å². The molecule has 1 aromatic heterocycles. The van der Waals surface area contributed by atoms with Gasteiger partial charge in [0.25, 0.3) is 0 Å². The van der Waals surface area contributed by atoms with Crippen molar-refractivity contribution in [2.45, 2.75) is 44.7 Å². The maximum atomic E-state index is 11.8. The molecule has 0 spiro atoms. The average molecular weight is 447 g/mol. The molecular weight excluding hydrogens is 416 g/mol. The van der Waals surface area contributed by atoms with E-state index in [9.17, 15) is 16.8 Å². The van der Waals surface area contributed by atoms with Crippen molar-refractivity contribution in [3.63, 3.8) is 0 Å². The zero-order chi connectivity index (χ0) is 21.2. The van der Waals surface area contributed by atoms with Crippen molar-refractivity contribution in [3.05, 3.63) is 11.8 Å². The highest BCUT2D eigenvalue weighted by Crippen LogP contribution is 2.21. The standard InChI is InChI=1S/C17H30N6O4S2/c1-13-10-18-17(20-15-7-5-9-23(12-15)29(3,26)27)21-16(13)19-14-6-4-8-22(11-14)28(2,24)25/h10,14-15H,4-9,11-12H2,1-3H3,(H2,18,19,20,21). The van der Waals surface area contributed by atoms with Crippen molar-refractivity contribution in [1.82, 2.24) is 18.6 Å². The minimum Gasteiger partial charge on any atom is -0.366 e. The van der Waals surface area contributed by atoms with Crippen LogP contribution in [0.2, 0.25) is 0 Å². The molecule has 0 radical (unpaired) electrons. The summed E-state index contributed by atoms with van der Waals surface area (Å²) in [6, 6.07) is -0.0697. The van der Waals surface area contributed by atoms with Crippen molar-refractivity contribution in [3.8, 4) is 0 Å². The van der Waals surface area contributed by atoms with Gasteiger partial charge < -0.3 is 10.6 Å². The van der Waals surface area contributed by atoms with Crippen LogP contribution in [0.15, 0.2) is 6.20 Å². The van der Waals surface area contributed by atoms with Crippen LogP contribution in [0.25, 0.3) is 0 Å². The second-order valence-corrected chi connectivity index (χ2v) is 11.9. The Bertz CT molecular complexity index is 937. The van der Waals surface area contributed by atoms with Crippen LogP contribution in [0, 0.1) is 6.92 Å². The van der Waals surface area contributed by atoms with Gasteiger partial charge in [-0.25, -0.2) is 30.4 Å². The number of piperidine rings is 2. The molecule has 2 saturated heterocycles. The van der Waals surface area contributed by atoms with E-state index in [0.717, 1.165) is 31.2 Å². The summed E-state index contributed by atoms with van der Waals surface area (Å²) in [4.78, 5) is 8.90. The number of sulfonamides is 2. The molecule has 0 amide bonds. The smallest absolute Gasteiger partial charge is 0.224 e. The zero-order valence-electron chi connectivity index (χ0n) is 17.1. The van der Waals surface area contributed by atoms with Crippen LogP contribution < -0.4 is 10.6 Å². The Morgan fingerprint density at radius 2 is 1.45 bits per heavy atom. The molecular formula is C17H30N6O4S2. The van der Waals surface area contributed by atoms with E-state index in [1.54, 1.807) is 6.20 Å². The first kappa shape index (κ1) is 22.2. The minimum absolute atomic E-state index is 0.0182. The summed E-state index contributed by atoms with van der Waals surface area (Å²) in [5, 5.41) is 6.60. The minimum atomic E-state index is -3.22. The molecule has 3 rings (SSSR count). The van der Waals surface area contributed by atoms with Crippen molar-refractivity contribution in [1.29, 1.82) is 0 Å². The van der Waals surface area contributed by atoms with Crippen LogP contribution >= 0.6 is 0 Å². The van der Waals surface area contributed by atoms with Crippen LogP contribution in [0.5, 0.6) is 0 Å². The summed E-state index contributed by atoms with van der Waals surface area (Å²) in [5.41, 5.74) is 0.869. The fraction of sp³-hybridized carbons (Fsp3) is 0.765. The van der Waals surface area contributed by atoms with Gasteiger partial charge in [-0.05, 0) is 32.6 Å². The van der Waals surface area contributed by atoms with E-state index in [2.05, 4.69) is 20.6 Å². The molecule has 2 aliphatic heterocycles. The molecule has 1 aromatic rings. The Labute approximate surface area is 173 Å². The van der Waals surface area contributed by atoms with E-state index in [1.807, 2.05) is 6.92 Å². The molecule has 10 nitrogen and oxygen atoms in total. The molecule has 12 heteroatoms. The number of hydrogen-bond donors (Lipinski definition) is 2. The van der Waals surface area contributed by atoms with Crippen molar-refractivity contribution in [2.24, 2.45) is 0 Å². The summed E-state index contributed by atoms with van der Waals surface area (Å²) in [6.45, 7) is 3.79. The van der Waals surface area contributed by atoms with E-state index < -0.39 is 20.0 Å². The molecule has 2 aliphatic rings. The van der Waals surface area contributed by atoms with E-state index in [4.69, 9.17) is 0 Å². The van der Waals surface area contributed by atoms with E-state index in [-0.39, 0.29) is 12.1 Å². The molecule has 164 valence electrons. The van der Waals surface area contributed by atoms with E-state index in [0.29, 0.717) is 37.9 Å². The third-order valence-electron chi connectivity index (χ3n) is 5.35. The molecule has 0 saturated carbocycles. The summed E-state index contributed by atoms with van der Waals surface area (Å²) < 4.78 is 50.3. The van der Waals surface area contributed by atoms with Gasteiger partial charge in [0, 0.05) is 50.0 Å². The molecule has 0 aromatic carbocycles. The van der Waals surface area contributed by atoms with Gasteiger partial charge in [0.2, 0.25) is 26.0 Å². The Hall–Kier alpha value is -1.50. The summed E-state index contributed by atoms with van der Waals surface area (Å²) in [5.74, 6) is 1.10. The molecule has 2 unspecified atom stereocenters. The Balaban J connectivity index is 1.67. The fourth-order valence-corrected chi connectivity index (χ4v) is 5.58. The predicted octanol–water partition coefficient (Wildman–Crippen LogP) is 0.457. The Morgan fingerprint density at radius 1 is 0.931 bits per heavy atom. The summed E-state index contributed by atoms with van der Waals surface area (Å²) in [7, 11) is -6.43. The second kappa shape index (κ2) is 8.70. The molecule has 2 atom stereocenters. The van der Waals surface area contributed by atoms with Crippen LogP contribution in [-0.2, 0) is 20.0 Å². The summed E-state index contributed by atoms with van der Waals surface area (Å²) >= 11 is 0. The molecule has 3 heterocycles. The van der Waals surface area contributed by atoms with Crippen LogP contribution in [0.4, 0.5) is 11.8 Å². The lowest BCUT2D eigenvalue weighted by atomic mass is 10.1. The fourth-order valence-electron chi connectivity index (χ4n) is 3.76. The number of nitrogens with one attached hydrogen (secondary N) is 2. The highest BCUT2D eigenvalue weighted by atomic mass is 32.2. The van der Waals surface area contributed by atoms with Gasteiger partial charge in [0.1, 0.15) is 5.82 Å². The van der Waals surface area contributed by atoms with Crippen LogP contribution in [0.1, 0.15) is 31.2 Å². The number of rotatable bonds is 6. The first-order valence-corrected chi connectivity index (χ1v) is 13.5. The van der Waals surface area contributed by atoms with Crippen molar-refractivity contribution < 1.29 is 16.8 Å². The lowest BCUT2D eigenvalue weighted by molar-refractivity contribution is 0.328. The number of aromatic nitrogens is 2. The monoisotopic (exact) mass is 446 g/mol. The number of nitrogens with zero attached hydrogens (tertiary/aromatic N) is 4. The quantitative estimate of drug-likeness (QED) is 0.646. The van der Waals surface area contributed by atoms with Gasteiger partial charge in [0.05, 0.1) is 12.5 Å². The van der Waals surface area contributed by atoms with Gasteiger partial charge in [0.15, 0.2) is 0 Å². The Kier molecular flexibility index (Phi) is 6.66. The van der Waals surface area contributed by atoms with Crippen LogP contribution in [-0.4, -0.2) is 86.2 Å². The zero-order valence-corrected chi connectivity index (χ0v) is 18.8. The highest BCUT2D eigenvalue weighted by Gasteiger charge is 2.28. The maximum Gasteiger partial charge on any atom is 0.224 e. The van der Waals surface area contributed by atoms with Crippen molar-refractivity contribution >= 4 is 31.8 Å². The normalized spacial score (nSPS) is 24.9. The van der Waals surface area contributed by atoms with Gasteiger partial charge in [-0.15, -0.1) is 0 Å². The maximum absolute atomic E-state index is 11.8. The largest absolute Gasteiger partial charge is 0.366 e. The van der Waals surface area contributed by atoms with Gasteiger partial charge >= 0.3 is 0 Å². The molecule has 0 bridgehead atoms. The SMILES string of the molecule is Cc1cnc(NC2CCCN(S(C)(=O)=O)C2)nc1NC1CCCN(S(C)(=O)=O)C1. The van der Waals surface area contributed by atoms with Crippen molar-refractivity contribution in [2.75, 3.05) is 49.3 Å². The molecule has 2 N–H and O–H groups in total. The van der Waals surface area contributed by atoms with Crippen LogP contribution in [0.3, 0.4) is 0 Å². The number of hydrogen-bond acceptors (Lipinski definition) is 8. The lowest BCUT2D eigenvalue weighted by Gasteiger charge is -2.32. The van der Waals surface area contributed by atoms with E-state index >= 15 is 0 Å². The lowest BCUT2D eigenvalue weighted by Crippen LogP contribution is -2.45. The third-order valence-corrected chi connectivity index (χ3v) is 7.89. The number of anilines is 2. The molecule has 29 heavy (non-hydrogen) atoms. The molecule has 2 fully saturated rings. The summed E-state index contributed by atoms with van der Waals surface area (Å²) in [6.07, 6.45) is 7.46. The molecule has 0 aliphatic carbocycles. The predicted molar refractivity (Wildman–Crippen MR) is 113 cm³/mol. The average Bonchev–Trinajstić information content (AvgIpc) is 2.64. The van der Waals surface area contributed by atoms with Gasteiger partial charge in [-0.1, -0.05) is 0 Å². The number of aryl methyl sites for hydroxylation is 1. The third kappa shape index (κ3) is 6.00. The van der Waals surface area contributed by atoms with Gasteiger partial charge in [-0.2, -0.15) is 4.98 Å². The Morgan fingerprint density at radius 3 is 1.97 bits per heavy atom. The first-order valence-electron chi connectivity index (χ1n) is 9.79. The van der Waals surface area contributed by atoms with E-state index in [1.165, 1.54) is 21.1 Å². The highest BCUT2D eigenvalue weighted by molar-refractivity contribution is 7.88. The second-order valence-electron chi connectivity index (χ2n) is 7.93.